The normalized spacial score (nSPS) is 21.4. The zero-order chi connectivity index (χ0) is 18.3. The Hall–Kier alpha value is -1.15. The number of rotatable bonds is 3. The molecule has 1 aromatic carbocycles. The maximum Gasteiger partial charge on any atom is 0.243 e. The lowest BCUT2D eigenvalue weighted by atomic mass is 9.90. The third-order valence-corrected chi connectivity index (χ3v) is 7.74. The van der Waals surface area contributed by atoms with Crippen LogP contribution in [0.5, 0.6) is 5.75 Å². The van der Waals surface area contributed by atoms with Crippen LogP contribution in [-0.2, 0) is 16.4 Å². The lowest BCUT2D eigenvalue weighted by Crippen LogP contribution is -2.42. The quantitative estimate of drug-likeness (QED) is 0.656. The first-order valence-corrected chi connectivity index (χ1v) is 11.1. The van der Waals surface area contributed by atoms with Gasteiger partial charge in [-0.05, 0) is 49.1 Å². The van der Waals surface area contributed by atoms with Crippen molar-refractivity contribution in [1.82, 2.24) is 9.29 Å². The van der Waals surface area contributed by atoms with E-state index in [4.69, 9.17) is 16.3 Å². The number of aromatic nitrogens is 1. The molecule has 2 aliphatic heterocycles. The Bertz CT molecular complexity index is 913. The van der Waals surface area contributed by atoms with Gasteiger partial charge in [-0.25, -0.2) is 13.4 Å². The van der Waals surface area contributed by atoms with Gasteiger partial charge in [0.05, 0.1) is 11.1 Å². The molecule has 1 atom stereocenters. The van der Waals surface area contributed by atoms with Crippen LogP contribution in [0.15, 0.2) is 45.9 Å². The number of hydrogen-bond acceptors (Lipinski definition) is 4. The summed E-state index contributed by atoms with van der Waals surface area (Å²) >= 11 is 9.29. The standard InChI is InChI=1S/C18H18BrClN2O3S/c19-14-1-3-15(4-2-14)26(23,24)22-7-5-12(6-8-22)16-9-13-10-18(20)21-11-17(13)25-16/h1-4,10-12,16H,5-9H2/t16-/m0/s1. The first-order valence-electron chi connectivity index (χ1n) is 8.50. The van der Waals surface area contributed by atoms with E-state index in [1.807, 2.05) is 6.07 Å². The summed E-state index contributed by atoms with van der Waals surface area (Å²) in [6.07, 6.45) is 4.13. The van der Waals surface area contributed by atoms with Crippen molar-refractivity contribution in [3.05, 3.63) is 51.7 Å². The van der Waals surface area contributed by atoms with E-state index in [-0.39, 0.29) is 6.10 Å². The molecule has 0 spiro atoms. The smallest absolute Gasteiger partial charge is 0.243 e. The Morgan fingerprint density at radius 3 is 2.58 bits per heavy atom. The van der Waals surface area contributed by atoms with Gasteiger partial charge in [-0.1, -0.05) is 27.5 Å². The third-order valence-electron chi connectivity index (χ3n) is 5.09. The molecule has 4 rings (SSSR count). The van der Waals surface area contributed by atoms with Gasteiger partial charge in [0.15, 0.2) is 0 Å². The summed E-state index contributed by atoms with van der Waals surface area (Å²) in [5, 5.41) is 0.475. The molecule has 0 bridgehead atoms. The SMILES string of the molecule is O=S(=O)(c1ccc(Br)cc1)N1CCC([C@@H]2Cc3cc(Cl)ncc3O2)CC1. The summed E-state index contributed by atoms with van der Waals surface area (Å²) in [7, 11) is -3.44. The largest absolute Gasteiger partial charge is 0.488 e. The molecule has 0 saturated carbocycles. The molecular weight excluding hydrogens is 440 g/mol. The number of piperidine rings is 1. The molecule has 8 heteroatoms. The average molecular weight is 458 g/mol. The van der Waals surface area contributed by atoms with Crippen molar-refractivity contribution in [2.24, 2.45) is 5.92 Å². The van der Waals surface area contributed by atoms with Gasteiger partial charge in [-0.2, -0.15) is 4.31 Å². The van der Waals surface area contributed by atoms with Gasteiger partial charge in [0.1, 0.15) is 17.0 Å². The second-order valence-electron chi connectivity index (χ2n) is 6.67. The highest BCUT2D eigenvalue weighted by Gasteiger charge is 2.36. The van der Waals surface area contributed by atoms with Crippen LogP contribution in [-0.4, -0.2) is 36.9 Å². The number of fused-ring (bicyclic) bond motifs is 1. The Balaban J connectivity index is 1.41. The molecule has 1 fully saturated rings. The fourth-order valence-electron chi connectivity index (χ4n) is 3.65. The molecule has 1 aromatic heterocycles. The minimum absolute atomic E-state index is 0.0720. The van der Waals surface area contributed by atoms with Crippen LogP contribution in [0.25, 0.3) is 0 Å². The first kappa shape index (κ1) is 18.2. The van der Waals surface area contributed by atoms with Crippen molar-refractivity contribution >= 4 is 37.6 Å². The summed E-state index contributed by atoms with van der Waals surface area (Å²) in [6.45, 7) is 1.02. The van der Waals surface area contributed by atoms with Gasteiger partial charge >= 0.3 is 0 Å². The number of hydrogen-bond donors (Lipinski definition) is 0. The van der Waals surface area contributed by atoms with E-state index in [0.717, 1.165) is 35.0 Å². The Kier molecular flexibility index (Phi) is 4.98. The van der Waals surface area contributed by atoms with E-state index >= 15 is 0 Å². The minimum atomic E-state index is -3.44. The summed E-state index contributed by atoms with van der Waals surface area (Å²) in [5.74, 6) is 1.13. The van der Waals surface area contributed by atoms with Crippen LogP contribution < -0.4 is 4.74 Å². The zero-order valence-electron chi connectivity index (χ0n) is 13.9. The number of ether oxygens (including phenoxy) is 1. The van der Waals surface area contributed by atoms with Gasteiger partial charge in [0.2, 0.25) is 10.0 Å². The lowest BCUT2D eigenvalue weighted by Gasteiger charge is -2.33. The van der Waals surface area contributed by atoms with Crippen molar-refractivity contribution in [2.75, 3.05) is 13.1 Å². The lowest BCUT2D eigenvalue weighted by molar-refractivity contribution is 0.116. The summed E-state index contributed by atoms with van der Waals surface area (Å²) < 4.78 is 34.1. The van der Waals surface area contributed by atoms with Gasteiger partial charge < -0.3 is 4.74 Å². The molecule has 2 aromatic rings. The van der Waals surface area contributed by atoms with Crippen molar-refractivity contribution in [2.45, 2.75) is 30.3 Å². The highest BCUT2D eigenvalue weighted by molar-refractivity contribution is 9.10. The van der Waals surface area contributed by atoms with Crippen molar-refractivity contribution in [1.29, 1.82) is 0 Å². The molecule has 0 amide bonds. The molecular formula is C18H18BrClN2O3S. The maximum absolute atomic E-state index is 12.8. The Morgan fingerprint density at radius 1 is 1.19 bits per heavy atom. The summed E-state index contributed by atoms with van der Waals surface area (Å²) in [6, 6.07) is 8.63. The molecule has 1 saturated heterocycles. The molecule has 5 nitrogen and oxygen atoms in total. The van der Waals surface area contributed by atoms with E-state index < -0.39 is 10.0 Å². The predicted molar refractivity (Wildman–Crippen MR) is 103 cm³/mol. The zero-order valence-corrected chi connectivity index (χ0v) is 17.1. The fourth-order valence-corrected chi connectivity index (χ4v) is 5.56. The van der Waals surface area contributed by atoms with E-state index in [9.17, 15) is 8.42 Å². The molecule has 138 valence electrons. The molecule has 0 N–H and O–H groups in total. The highest BCUT2D eigenvalue weighted by Crippen LogP contribution is 2.36. The molecule has 26 heavy (non-hydrogen) atoms. The number of benzene rings is 1. The van der Waals surface area contributed by atoms with Gasteiger partial charge in [0, 0.05) is 29.5 Å². The molecule has 2 aliphatic rings. The summed E-state index contributed by atoms with van der Waals surface area (Å²) in [4.78, 5) is 4.40. The van der Waals surface area contributed by atoms with Crippen LogP contribution in [0.4, 0.5) is 0 Å². The van der Waals surface area contributed by atoms with Crippen LogP contribution in [0.1, 0.15) is 18.4 Å². The van der Waals surface area contributed by atoms with E-state index in [0.29, 0.717) is 29.1 Å². The van der Waals surface area contributed by atoms with Gasteiger partial charge in [0.25, 0.3) is 0 Å². The van der Waals surface area contributed by atoms with Crippen molar-refractivity contribution in [3.8, 4) is 5.75 Å². The average Bonchev–Trinajstić information content (AvgIpc) is 3.05. The third kappa shape index (κ3) is 3.50. The Morgan fingerprint density at radius 2 is 1.88 bits per heavy atom. The number of sulfonamides is 1. The van der Waals surface area contributed by atoms with Crippen LogP contribution in [0.2, 0.25) is 5.15 Å². The maximum atomic E-state index is 12.8. The van der Waals surface area contributed by atoms with E-state index in [1.54, 1.807) is 34.8 Å². The second kappa shape index (κ2) is 7.11. The minimum Gasteiger partial charge on any atom is -0.488 e. The van der Waals surface area contributed by atoms with Crippen molar-refractivity contribution in [3.63, 3.8) is 0 Å². The predicted octanol–water partition coefficient (Wildman–Crippen LogP) is 3.90. The van der Waals surface area contributed by atoms with Gasteiger partial charge in [-0.15, -0.1) is 0 Å². The topological polar surface area (TPSA) is 59.5 Å². The van der Waals surface area contributed by atoms with Crippen LogP contribution in [0.3, 0.4) is 0 Å². The fraction of sp³-hybridized carbons (Fsp3) is 0.389. The van der Waals surface area contributed by atoms with E-state index in [2.05, 4.69) is 20.9 Å². The number of nitrogens with zero attached hydrogens (tertiary/aromatic N) is 2. The van der Waals surface area contributed by atoms with Crippen LogP contribution >= 0.6 is 27.5 Å². The molecule has 0 aliphatic carbocycles. The van der Waals surface area contributed by atoms with Crippen LogP contribution in [0, 0.1) is 5.92 Å². The second-order valence-corrected chi connectivity index (χ2v) is 9.91. The van der Waals surface area contributed by atoms with Crippen molar-refractivity contribution < 1.29 is 13.2 Å². The molecule has 3 heterocycles. The monoisotopic (exact) mass is 456 g/mol. The number of pyridine rings is 1. The number of halogens is 2. The first-order chi connectivity index (χ1) is 12.4. The Labute approximate surface area is 166 Å². The molecule has 0 radical (unpaired) electrons. The van der Waals surface area contributed by atoms with Gasteiger partial charge in [-0.3, -0.25) is 0 Å². The van der Waals surface area contributed by atoms with E-state index in [1.165, 1.54) is 0 Å². The highest BCUT2D eigenvalue weighted by atomic mass is 79.9. The molecule has 0 unspecified atom stereocenters. The summed E-state index contributed by atoms with van der Waals surface area (Å²) in [5.41, 5.74) is 1.08.